The van der Waals surface area contributed by atoms with E-state index in [1.54, 1.807) is 6.07 Å². The van der Waals surface area contributed by atoms with E-state index in [1.165, 1.54) is 49.4 Å². The SMILES string of the molecule is CC(=O)N[C@@H](Cc1ccc(F)cc1)C(=O)N[C@H](Cc1ccccc1[N+](=O)[O-])C(N)=O. The van der Waals surface area contributed by atoms with E-state index in [1.807, 2.05) is 0 Å². The molecule has 0 aliphatic carbocycles. The van der Waals surface area contributed by atoms with Gasteiger partial charge in [0.05, 0.1) is 4.92 Å². The van der Waals surface area contributed by atoms with Crippen LogP contribution in [0.4, 0.5) is 10.1 Å². The summed E-state index contributed by atoms with van der Waals surface area (Å²) in [4.78, 5) is 46.7. The standard InChI is InChI=1S/C20H21FN4O5/c1-12(26)23-17(10-13-6-8-15(21)9-7-13)20(28)24-16(19(22)27)11-14-4-2-3-5-18(14)25(29)30/h2-9,16-17H,10-11H2,1H3,(H2,22,27)(H,23,26)(H,24,28)/t16-,17+/m1/s1. The third kappa shape index (κ3) is 6.36. The second-order valence-corrected chi connectivity index (χ2v) is 6.64. The third-order valence-corrected chi connectivity index (χ3v) is 4.32. The summed E-state index contributed by atoms with van der Waals surface area (Å²) in [5, 5.41) is 16.1. The van der Waals surface area contributed by atoms with Crippen LogP contribution in [0.25, 0.3) is 0 Å². The predicted molar refractivity (Wildman–Crippen MR) is 106 cm³/mol. The highest BCUT2D eigenvalue weighted by atomic mass is 19.1. The van der Waals surface area contributed by atoms with E-state index in [9.17, 15) is 28.9 Å². The van der Waals surface area contributed by atoms with Crippen LogP contribution in [0, 0.1) is 15.9 Å². The number of primary amides is 1. The molecule has 0 aliphatic heterocycles. The van der Waals surface area contributed by atoms with Crippen molar-refractivity contribution in [1.82, 2.24) is 10.6 Å². The van der Waals surface area contributed by atoms with Gasteiger partial charge in [0, 0.05) is 31.4 Å². The van der Waals surface area contributed by atoms with Crippen molar-refractivity contribution in [1.29, 1.82) is 0 Å². The Morgan fingerprint density at radius 2 is 1.67 bits per heavy atom. The van der Waals surface area contributed by atoms with Crippen LogP contribution in [0.2, 0.25) is 0 Å². The largest absolute Gasteiger partial charge is 0.368 e. The van der Waals surface area contributed by atoms with Crippen LogP contribution < -0.4 is 16.4 Å². The number of nitrogens with two attached hydrogens (primary N) is 1. The quantitative estimate of drug-likeness (QED) is 0.412. The molecule has 0 unspecified atom stereocenters. The number of benzene rings is 2. The maximum Gasteiger partial charge on any atom is 0.272 e. The normalized spacial score (nSPS) is 12.5. The number of halogens is 1. The van der Waals surface area contributed by atoms with Gasteiger partial charge in [-0.15, -0.1) is 0 Å². The smallest absolute Gasteiger partial charge is 0.272 e. The van der Waals surface area contributed by atoms with Gasteiger partial charge in [-0.05, 0) is 17.7 Å². The minimum absolute atomic E-state index is 0.0443. The predicted octanol–water partition coefficient (Wildman–Crippen LogP) is 0.994. The Kier molecular flexibility index (Phi) is 7.56. The highest BCUT2D eigenvalue weighted by Crippen LogP contribution is 2.19. The Labute approximate surface area is 171 Å². The zero-order valence-electron chi connectivity index (χ0n) is 16.1. The molecule has 2 aromatic rings. The summed E-state index contributed by atoms with van der Waals surface area (Å²) in [6.45, 7) is 1.23. The molecule has 10 heteroatoms. The second-order valence-electron chi connectivity index (χ2n) is 6.64. The van der Waals surface area contributed by atoms with Crippen molar-refractivity contribution in [2.45, 2.75) is 31.8 Å². The number of nitro groups is 1. The number of hydrogen-bond acceptors (Lipinski definition) is 5. The summed E-state index contributed by atoms with van der Waals surface area (Å²) in [7, 11) is 0. The highest BCUT2D eigenvalue weighted by molar-refractivity contribution is 5.91. The number of nitrogens with zero attached hydrogens (tertiary/aromatic N) is 1. The van der Waals surface area contributed by atoms with Gasteiger partial charge in [-0.25, -0.2) is 4.39 Å². The van der Waals surface area contributed by atoms with Gasteiger partial charge in [0.25, 0.3) is 5.69 Å². The lowest BCUT2D eigenvalue weighted by Gasteiger charge is -2.21. The first kappa shape index (κ1) is 22.5. The molecule has 0 fully saturated rings. The number of rotatable bonds is 9. The van der Waals surface area contributed by atoms with Gasteiger partial charge in [0.15, 0.2) is 0 Å². The van der Waals surface area contributed by atoms with E-state index in [-0.39, 0.29) is 24.1 Å². The molecular formula is C20H21FN4O5. The Bertz CT molecular complexity index is 948. The van der Waals surface area contributed by atoms with Gasteiger partial charge in [0.1, 0.15) is 17.9 Å². The molecule has 0 spiro atoms. The number of amides is 3. The molecule has 0 saturated heterocycles. The molecular weight excluding hydrogens is 395 g/mol. The minimum Gasteiger partial charge on any atom is -0.368 e. The van der Waals surface area contributed by atoms with Crippen LogP contribution >= 0.6 is 0 Å². The molecule has 0 radical (unpaired) electrons. The maximum atomic E-state index is 13.1. The fourth-order valence-electron chi connectivity index (χ4n) is 2.89. The third-order valence-electron chi connectivity index (χ3n) is 4.32. The van der Waals surface area contributed by atoms with Gasteiger partial charge in [-0.3, -0.25) is 24.5 Å². The van der Waals surface area contributed by atoms with E-state index in [4.69, 9.17) is 5.73 Å². The van der Waals surface area contributed by atoms with Crippen LogP contribution in [-0.2, 0) is 27.2 Å². The molecule has 158 valence electrons. The number of carbonyl (C=O) groups is 3. The molecule has 0 aromatic heterocycles. The van der Waals surface area contributed by atoms with Crippen LogP contribution in [-0.4, -0.2) is 34.7 Å². The summed E-state index contributed by atoms with van der Waals surface area (Å²) in [6, 6.07) is 8.88. The topological polar surface area (TPSA) is 144 Å². The Hall–Kier alpha value is -3.82. The number of nitrogens with one attached hydrogen (secondary N) is 2. The monoisotopic (exact) mass is 416 g/mol. The molecule has 4 N–H and O–H groups in total. The number of para-hydroxylation sites is 1. The van der Waals surface area contributed by atoms with Gasteiger partial charge >= 0.3 is 0 Å². The molecule has 3 amide bonds. The number of nitro benzene ring substituents is 1. The zero-order chi connectivity index (χ0) is 22.3. The average molecular weight is 416 g/mol. The minimum atomic E-state index is -1.23. The molecule has 9 nitrogen and oxygen atoms in total. The number of carbonyl (C=O) groups excluding carboxylic acids is 3. The first-order chi connectivity index (χ1) is 14.2. The van der Waals surface area contributed by atoms with E-state index in [0.717, 1.165) is 0 Å². The Morgan fingerprint density at radius 1 is 1.03 bits per heavy atom. The first-order valence-corrected chi connectivity index (χ1v) is 9.01. The second kappa shape index (κ2) is 10.1. The maximum absolute atomic E-state index is 13.1. The average Bonchev–Trinajstić information content (AvgIpc) is 2.68. The van der Waals surface area contributed by atoms with Crippen LogP contribution in [0.1, 0.15) is 18.1 Å². The molecule has 30 heavy (non-hydrogen) atoms. The molecule has 2 atom stereocenters. The van der Waals surface area contributed by atoms with Crippen LogP contribution in [0.5, 0.6) is 0 Å². The fraction of sp³-hybridized carbons (Fsp3) is 0.250. The van der Waals surface area contributed by atoms with E-state index >= 15 is 0 Å². The van der Waals surface area contributed by atoms with E-state index in [2.05, 4.69) is 10.6 Å². The fourth-order valence-corrected chi connectivity index (χ4v) is 2.89. The summed E-state index contributed by atoms with van der Waals surface area (Å²) >= 11 is 0. The Balaban J connectivity index is 2.19. The molecule has 0 heterocycles. The van der Waals surface area contributed by atoms with Crippen LogP contribution in [0.15, 0.2) is 48.5 Å². The van der Waals surface area contributed by atoms with Crippen molar-refractivity contribution in [3.63, 3.8) is 0 Å². The van der Waals surface area contributed by atoms with Crippen LogP contribution in [0.3, 0.4) is 0 Å². The summed E-state index contributed by atoms with van der Waals surface area (Å²) < 4.78 is 13.1. The van der Waals surface area contributed by atoms with Crippen molar-refractivity contribution < 1.29 is 23.7 Å². The lowest BCUT2D eigenvalue weighted by molar-refractivity contribution is -0.385. The molecule has 2 rings (SSSR count). The first-order valence-electron chi connectivity index (χ1n) is 9.01. The van der Waals surface area contributed by atoms with Gasteiger partial charge in [-0.2, -0.15) is 0 Å². The van der Waals surface area contributed by atoms with Crippen molar-refractivity contribution >= 4 is 23.4 Å². The number of hydrogen-bond donors (Lipinski definition) is 3. The summed E-state index contributed by atoms with van der Waals surface area (Å²) in [5.41, 5.74) is 5.98. The van der Waals surface area contributed by atoms with E-state index in [0.29, 0.717) is 5.56 Å². The van der Waals surface area contributed by atoms with E-state index < -0.39 is 40.5 Å². The van der Waals surface area contributed by atoms with Crippen molar-refractivity contribution in [2.24, 2.45) is 5.73 Å². The summed E-state index contributed by atoms with van der Waals surface area (Å²) in [6.07, 6.45) is -0.149. The Morgan fingerprint density at radius 3 is 2.23 bits per heavy atom. The van der Waals surface area contributed by atoms with Crippen molar-refractivity contribution in [3.8, 4) is 0 Å². The van der Waals surface area contributed by atoms with Crippen molar-refractivity contribution in [3.05, 3.63) is 75.6 Å². The van der Waals surface area contributed by atoms with Crippen molar-refractivity contribution in [2.75, 3.05) is 0 Å². The lowest BCUT2D eigenvalue weighted by Crippen LogP contribution is -2.54. The van der Waals surface area contributed by atoms with Gasteiger partial charge in [0.2, 0.25) is 17.7 Å². The molecule has 2 aromatic carbocycles. The lowest BCUT2D eigenvalue weighted by atomic mass is 10.0. The summed E-state index contributed by atoms with van der Waals surface area (Å²) in [5.74, 6) is -2.51. The molecule has 0 aliphatic rings. The molecule has 0 saturated carbocycles. The zero-order valence-corrected chi connectivity index (χ0v) is 16.1. The highest BCUT2D eigenvalue weighted by Gasteiger charge is 2.27. The van der Waals surface area contributed by atoms with Gasteiger partial charge < -0.3 is 16.4 Å². The van der Waals surface area contributed by atoms with Gasteiger partial charge in [-0.1, -0.05) is 30.3 Å². The molecule has 0 bridgehead atoms.